The Morgan fingerprint density at radius 1 is 1.12 bits per heavy atom. The lowest BCUT2D eigenvalue weighted by Gasteiger charge is -2.48. The van der Waals surface area contributed by atoms with Crippen molar-refractivity contribution in [3.63, 3.8) is 0 Å². The van der Waals surface area contributed by atoms with Crippen molar-refractivity contribution in [2.75, 3.05) is 6.61 Å². The van der Waals surface area contributed by atoms with Gasteiger partial charge in [-0.05, 0) is 50.9 Å². The molecule has 0 spiro atoms. The average molecular weight is 240 g/mol. The lowest BCUT2D eigenvalue weighted by molar-refractivity contribution is -0.173. The maximum absolute atomic E-state index is 11.0. The molecule has 17 heavy (non-hydrogen) atoms. The minimum absolute atomic E-state index is 0.153. The standard InChI is InChI=1S/C15H28O2/c1-11-5-6-13(9-12(11)2)15(16)7-8-17-14(3,4)10-15/h11-13,16H,5-10H2,1-4H3. The normalized spacial score (nSPS) is 46.8. The van der Waals surface area contributed by atoms with Crippen molar-refractivity contribution >= 4 is 0 Å². The summed E-state index contributed by atoms with van der Waals surface area (Å²) in [4.78, 5) is 0. The quantitative estimate of drug-likeness (QED) is 0.761. The molecule has 4 unspecified atom stereocenters. The van der Waals surface area contributed by atoms with Gasteiger partial charge in [-0.25, -0.2) is 0 Å². The van der Waals surface area contributed by atoms with Crippen LogP contribution in [0.5, 0.6) is 0 Å². The summed E-state index contributed by atoms with van der Waals surface area (Å²) in [6, 6.07) is 0. The first-order valence-corrected chi connectivity index (χ1v) is 7.19. The minimum atomic E-state index is -0.476. The van der Waals surface area contributed by atoms with E-state index >= 15 is 0 Å². The molecule has 2 aliphatic rings. The Kier molecular flexibility index (Phi) is 3.57. The molecule has 0 radical (unpaired) electrons. The molecule has 0 amide bonds. The summed E-state index contributed by atoms with van der Waals surface area (Å²) in [7, 11) is 0. The Bertz CT molecular complexity index is 274. The van der Waals surface area contributed by atoms with E-state index < -0.39 is 5.60 Å². The molecule has 0 aromatic carbocycles. The van der Waals surface area contributed by atoms with Crippen LogP contribution in [0.1, 0.15) is 59.8 Å². The van der Waals surface area contributed by atoms with Crippen LogP contribution in [-0.4, -0.2) is 22.9 Å². The highest BCUT2D eigenvalue weighted by Gasteiger charge is 2.46. The Morgan fingerprint density at radius 3 is 2.41 bits per heavy atom. The lowest BCUT2D eigenvalue weighted by Crippen LogP contribution is -2.51. The molecule has 2 heteroatoms. The molecule has 1 aliphatic carbocycles. The van der Waals surface area contributed by atoms with E-state index in [0.717, 1.165) is 24.7 Å². The van der Waals surface area contributed by atoms with Gasteiger partial charge < -0.3 is 9.84 Å². The molecule has 100 valence electrons. The van der Waals surface area contributed by atoms with Crippen LogP contribution < -0.4 is 0 Å². The van der Waals surface area contributed by atoms with Crippen molar-refractivity contribution < 1.29 is 9.84 Å². The van der Waals surface area contributed by atoms with Crippen LogP contribution in [0.4, 0.5) is 0 Å². The fourth-order valence-corrected chi connectivity index (χ4v) is 3.76. The van der Waals surface area contributed by atoms with Gasteiger partial charge in [0.1, 0.15) is 0 Å². The van der Waals surface area contributed by atoms with Gasteiger partial charge in [-0.2, -0.15) is 0 Å². The van der Waals surface area contributed by atoms with E-state index in [0.29, 0.717) is 12.5 Å². The SMILES string of the molecule is CC1CCC(C2(O)CCOC(C)(C)C2)CC1C. The second kappa shape index (κ2) is 4.55. The van der Waals surface area contributed by atoms with Gasteiger partial charge in [-0.15, -0.1) is 0 Å². The summed E-state index contributed by atoms with van der Waals surface area (Å²) >= 11 is 0. The topological polar surface area (TPSA) is 29.5 Å². The van der Waals surface area contributed by atoms with Crippen molar-refractivity contribution in [2.24, 2.45) is 17.8 Å². The average Bonchev–Trinajstić information content (AvgIpc) is 2.20. The van der Waals surface area contributed by atoms with E-state index in [2.05, 4.69) is 27.7 Å². The smallest absolute Gasteiger partial charge is 0.0725 e. The molecule has 2 rings (SSSR count). The van der Waals surface area contributed by atoms with Crippen molar-refractivity contribution in [2.45, 2.75) is 71.0 Å². The van der Waals surface area contributed by atoms with Gasteiger partial charge >= 0.3 is 0 Å². The van der Waals surface area contributed by atoms with Crippen LogP contribution in [0, 0.1) is 17.8 Å². The van der Waals surface area contributed by atoms with Crippen LogP contribution >= 0.6 is 0 Å². The first-order chi connectivity index (χ1) is 7.82. The summed E-state index contributed by atoms with van der Waals surface area (Å²) in [6.07, 6.45) is 5.27. The minimum Gasteiger partial charge on any atom is -0.389 e. The monoisotopic (exact) mass is 240 g/mol. The first-order valence-electron chi connectivity index (χ1n) is 7.19. The highest BCUT2D eigenvalue weighted by molar-refractivity contribution is 4.97. The summed E-state index contributed by atoms with van der Waals surface area (Å²) < 4.78 is 5.74. The molecule has 4 atom stereocenters. The summed E-state index contributed by atoms with van der Waals surface area (Å²) in [5, 5.41) is 11.0. The largest absolute Gasteiger partial charge is 0.389 e. The van der Waals surface area contributed by atoms with Gasteiger partial charge in [0.25, 0.3) is 0 Å². The predicted molar refractivity (Wildman–Crippen MR) is 69.9 cm³/mol. The van der Waals surface area contributed by atoms with E-state index in [9.17, 15) is 5.11 Å². The first kappa shape index (κ1) is 13.4. The molecule has 0 aromatic rings. The van der Waals surface area contributed by atoms with Gasteiger partial charge in [-0.1, -0.05) is 20.3 Å². The second-order valence-electron chi connectivity index (χ2n) is 7.10. The summed E-state index contributed by atoms with van der Waals surface area (Å²) in [5.74, 6) is 2.06. The number of ether oxygens (including phenoxy) is 1. The molecule has 1 aliphatic heterocycles. The molecule has 2 nitrogen and oxygen atoms in total. The molecule has 1 saturated heterocycles. The summed E-state index contributed by atoms with van der Waals surface area (Å²) in [6.45, 7) is 9.60. The van der Waals surface area contributed by atoms with Gasteiger partial charge in [0.05, 0.1) is 17.8 Å². The van der Waals surface area contributed by atoms with Gasteiger partial charge in [0, 0.05) is 6.42 Å². The highest BCUT2D eigenvalue weighted by Crippen LogP contribution is 2.45. The lowest BCUT2D eigenvalue weighted by atomic mass is 9.65. The molecule has 1 N–H and O–H groups in total. The van der Waals surface area contributed by atoms with E-state index in [1.54, 1.807) is 0 Å². The third kappa shape index (κ3) is 2.85. The van der Waals surface area contributed by atoms with E-state index in [-0.39, 0.29) is 5.60 Å². The Labute approximate surface area is 106 Å². The van der Waals surface area contributed by atoms with Gasteiger partial charge in [0.15, 0.2) is 0 Å². The maximum atomic E-state index is 11.0. The Morgan fingerprint density at radius 2 is 1.82 bits per heavy atom. The van der Waals surface area contributed by atoms with E-state index in [1.807, 2.05) is 0 Å². The second-order valence-corrected chi connectivity index (χ2v) is 7.10. The molecule has 0 aromatic heterocycles. The zero-order valence-corrected chi connectivity index (χ0v) is 11.8. The predicted octanol–water partition coefficient (Wildman–Crippen LogP) is 3.38. The van der Waals surface area contributed by atoms with Gasteiger partial charge in [-0.3, -0.25) is 0 Å². The highest BCUT2D eigenvalue weighted by atomic mass is 16.5. The molecule has 1 saturated carbocycles. The van der Waals surface area contributed by atoms with Crippen molar-refractivity contribution in [1.29, 1.82) is 0 Å². The number of hydrogen-bond acceptors (Lipinski definition) is 2. The third-order valence-electron chi connectivity index (χ3n) is 5.12. The Balaban J connectivity index is 2.05. The molecule has 2 fully saturated rings. The van der Waals surface area contributed by atoms with Crippen LogP contribution in [0.3, 0.4) is 0 Å². The van der Waals surface area contributed by atoms with E-state index in [1.165, 1.54) is 19.3 Å². The number of hydrogen-bond donors (Lipinski definition) is 1. The van der Waals surface area contributed by atoms with Gasteiger partial charge in [0.2, 0.25) is 0 Å². The molecular formula is C15H28O2. The number of aliphatic hydroxyl groups is 1. The molecule has 0 bridgehead atoms. The van der Waals surface area contributed by atoms with E-state index in [4.69, 9.17) is 4.74 Å². The number of rotatable bonds is 1. The van der Waals surface area contributed by atoms with Crippen LogP contribution in [0.25, 0.3) is 0 Å². The van der Waals surface area contributed by atoms with Crippen LogP contribution in [0.2, 0.25) is 0 Å². The maximum Gasteiger partial charge on any atom is 0.0725 e. The van der Waals surface area contributed by atoms with Crippen molar-refractivity contribution in [1.82, 2.24) is 0 Å². The van der Waals surface area contributed by atoms with Crippen molar-refractivity contribution in [3.05, 3.63) is 0 Å². The Hall–Kier alpha value is -0.0800. The van der Waals surface area contributed by atoms with Crippen LogP contribution in [-0.2, 0) is 4.74 Å². The molecular weight excluding hydrogens is 212 g/mol. The third-order valence-corrected chi connectivity index (χ3v) is 5.12. The fraction of sp³-hybridized carbons (Fsp3) is 1.00. The fourth-order valence-electron chi connectivity index (χ4n) is 3.76. The summed E-state index contributed by atoms with van der Waals surface area (Å²) in [5.41, 5.74) is -0.630. The zero-order chi connectivity index (χ0) is 12.7. The van der Waals surface area contributed by atoms with Crippen LogP contribution in [0.15, 0.2) is 0 Å². The molecule has 1 heterocycles. The zero-order valence-electron chi connectivity index (χ0n) is 11.8. The van der Waals surface area contributed by atoms with Crippen molar-refractivity contribution in [3.8, 4) is 0 Å².